The third-order valence-corrected chi connectivity index (χ3v) is 4.34. The van der Waals surface area contributed by atoms with E-state index in [4.69, 9.17) is 0 Å². The number of carbonyl (C=O) groups is 2. The summed E-state index contributed by atoms with van der Waals surface area (Å²) < 4.78 is 0. The lowest BCUT2D eigenvalue weighted by molar-refractivity contribution is 0.0936. The number of amides is 2. The van der Waals surface area contributed by atoms with Crippen molar-refractivity contribution in [3.8, 4) is 11.1 Å². The predicted molar refractivity (Wildman–Crippen MR) is 113 cm³/mol. The number of hydrogen-bond donors (Lipinski definition) is 2. The molecule has 0 heterocycles. The van der Waals surface area contributed by atoms with Crippen LogP contribution in [0.1, 0.15) is 34.6 Å². The molecule has 4 nitrogen and oxygen atoms in total. The summed E-state index contributed by atoms with van der Waals surface area (Å²) in [5.74, 6) is -0.199. The molecule has 142 valence electrons. The predicted octanol–water partition coefficient (Wildman–Crippen LogP) is 4.99. The van der Waals surface area contributed by atoms with Gasteiger partial charge in [-0.2, -0.15) is 0 Å². The van der Waals surface area contributed by atoms with Gasteiger partial charge in [-0.05, 0) is 41.3 Å². The molecule has 0 atom stereocenters. The second-order valence-corrected chi connectivity index (χ2v) is 7.05. The summed E-state index contributed by atoms with van der Waals surface area (Å²) in [4.78, 5) is 25.2. The van der Waals surface area contributed by atoms with E-state index in [0.29, 0.717) is 29.3 Å². The number of rotatable bonds is 6. The third-order valence-electron chi connectivity index (χ3n) is 4.34. The standard InChI is InChI=1S/C24H24N2O2/c1-17(2)16-25-23(27)21-10-6-7-11-22(21)24(28)26-20-14-12-19(13-15-20)18-8-4-3-5-9-18/h3-15,17H,16H2,1-2H3,(H,25,27)(H,26,28). The first kappa shape index (κ1) is 19.4. The summed E-state index contributed by atoms with van der Waals surface area (Å²) in [5, 5.41) is 5.74. The average Bonchev–Trinajstić information content (AvgIpc) is 2.73. The molecule has 28 heavy (non-hydrogen) atoms. The fourth-order valence-corrected chi connectivity index (χ4v) is 2.85. The van der Waals surface area contributed by atoms with E-state index in [9.17, 15) is 9.59 Å². The highest BCUT2D eigenvalue weighted by molar-refractivity contribution is 6.12. The molecule has 0 aliphatic carbocycles. The maximum atomic E-state index is 12.7. The monoisotopic (exact) mass is 372 g/mol. The Morgan fingerprint density at radius 2 is 1.25 bits per heavy atom. The van der Waals surface area contributed by atoms with Crippen molar-refractivity contribution in [2.45, 2.75) is 13.8 Å². The normalized spacial score (nSPS) is 10.5. The van der Waals surface area contributed by atoms with Crippen LogP contribution in [-0.2, 0) is 0 Å². The van der Waals surface area contributed by atoms with E-state index in [2.05, 4.69) is 10.6 Å². The lowest BCUT2D eigenvalue weighted by atomic mass is 10.0. The second kappa shape index (κ2) is 9.00. The average molecular weight is 372 g/mol. The maximum Gasteiger partial charge on any atom is 0.256 e. The van der Waals surface area contributed by atoms with Crippen LogP contribution in [0, 0.1) is 5.92 Å². The summed E-state index contributed by atoms with van der Waals surface area (Å²) >= 11 is 0. The minimum absolute atomic E-state index is 0.237. The highest BCUT2D eigenvalue weighted by Gasteiger charge is 2.16. The van der Waals surface area contributed by atoms with Gasteiger partial charge in [0.15, 0.2) is 0 Å². The summed E-state index contributed by atoms with van der Waals surface area (Å²) in [6.07, 6.45) is 0. The van der Waals surface area contributed by atoms with Gasteiger partial charge in [0.2, 0.25) is 0 Å². The second-order valence-electron chi connectivity index (χ2n) is 7.05. The summed E-state index contributed by atoms with van der Waals surface area (Å²) in [7, 11) is 0. The van der Waals surface area contributed by atoms with Crippen molar-refractivity contribution in [1.29, 1.82) is 0 Å². The minimum atomic E-state index is -0.303. The van der Waals surface area contributed by atoms with Crippen molar-refractivity contribution in [2.75, 3.05) is 11.9 Å². The Bertz CT molecular complexity index is 948. The molecule has 2 amide bonds. The van der Waals surface area contributed by atoms with Crippen LogP contribution in [0.4, 0.5) is 5.69 Å². The molecule has 0 bridgehead atoms. The molecule has 2 N–H and O–H groups in total. The first-order valence-electron chi connectivity index (χ1n) is 9.38. The Hall–Kier alpha value is -3.40. The van der Waals surface area contributed by atoms with Gasteiger partial charge in [0.25, 0.3) is 11.8 Å². The van der Waals surface area contributed by atoms with Crippen molar-refractivity contribution >= 4 is 17.5 Å². The molecule has 0 aliphatic rings. The molecule has 0 saturated heterocycles. The number of carbonyl (C=O) groups excluding carboxylic acids is 2. The van der Waals surface area contributed by atoms with Crippen LogP contribution in [0.15, 0.2) is 78.9 Å². The van der Waals surface area contributed by atoms with E-state index in [1.165, 1.54) is 0 Å². The molecule has 4 heteroatoms. The number of benzene rings is 3. The Balaban J connectivity index is 1.74. The van der Waals surface area contributed by atoms with Gasteiger partial charge in [-0.1, -0.05) is 68.4 Å². The van der Waals surface area contributed by atoms with Crippen molar-refractivity contribution in [3.63, 3.8) is 0 Å². The molecule has 0 radical (unpaired) electrons. The lowest BCUT2D eigenvalue weighted by Gasteiger charge is -2.12. The summed E-state index contributed by atoms with van der Waals surface area (Å²) in [6.45, 7) is 4.62. The molecular formula is C24H24N2O2. The maximum absolute atomic E-state index is 12.7. The smallest absolute Gasteiger partial charge is 0.256 e. The first-order chi connectivity index (χ1) is 13.5. The molecule has 0 fully saturated rings. The highest BCUT2D eigenvalue weighted by atomic mass is 16.2. The Kier molecular flexibility index (Phi) is 6.22. The molecule has 3 aromatic carbocycles. The van der Waals surface area contributed by atoms with Crippen molar-refractivity contribution < 1.29 is 9.59 Å². The SMILES string of the molecule is CC(C)CNC(=O)c1ccccc1C(=O)Nc1ccc(-c2ccccc2)cc1. The van der Waals surface area contributed by atoms with E-state index in [1.807, 2.05) is 68.4 Å². The Morgan fingerprint density at radius 3 is 1.86 bits per heavy atom. The molecule has 0 aliphatic heterocycles. The molecule has 0 aromatic heterocycles. The van der Waals surface area contributed by atoms with E-state index in [1.54, 1.807) is 24.3 Å². The van der Waals surface area contributed by atoms with Crippen LogP contribution in [0.2, 0.25) is 0 Å². The molecule has 0 saturated carbocycles. The van der Waals surface area contributed by atoms with Crippen molar-refractivity contribution in [2.24, 2.45) is 5.92 Å². The fraction of sp³-hybridized carbons (Fsp3) is 0.167. The van der Waals surface area contributed by atoms with Gasteiger partial charge in [-0.15, -0.1) is 0 Å². The van der Waals surface area contributed by atoms with Gasteiger partial charge in [-0.3, -0.25) is 9.59 Å². The van der Waals surface area contributed by atoms with E-state index in [0.717, 1.165) is 11.1 Å². The zero-order chi connectivity index (χ0) is 19.9. The van der Waals surface area contributed by atoms with Crippen LogP contribution < -0.4 is 10.6 Å². The van der Waals surface area contributed by atoms with Gasteiger partial charge < -0.3 is 10.6 Å². The fourth-order valence-electron chi connectivity index (χ4n) is 2.85. The van der Waals surface area contributed by atoms with Crippen LogP contribution in [-0.4, -0.2) is 18.4 Å². The Morgan fingerprint density at radius 1 is 0.714 bits per heavy atom. The molecular weight excluding hydrogens is 348 g/mol. The summed E-state index contributed by atoms with van der Waals surface area (Å²) in [6, 6.07) is 24.6. The van der Waals surface area contributed by atoms with E-state index < -0.39 is 0 Å². The zero-order valence-electron chi connectivity index (χ0n) is 16.1. The number of anilines is 1. The van der Waals surface area contributed by atoms with Gasteiger partial charge in [0.05, 0.1) is 11.1 Å². The first-order valence-corrected chi connectivity index (χ1v) is 9.38. The molecule has 3 rings (SSSR count). The number of nitrogens with one attached hydrogen (secondary N) is 2. The third kappa shape index (κ3) is 4.86. The van der Waals surface area contributed by atoms with E-state index >= 15 is 0 Å². The van der Waals surface area contributed by atoms with Gasteiger partial charge in [0, 0.05) is 12.2 Å². The van der Waals surface area contributed by atoms with Crippen molar-refractivity contribution in [3.05, 3.63) is 90.0 Å². The van der Waals surface area contributed by atoms with Crippen LogP contribution >= 0.6 is 0 Å². The van der Waals surface area contributed by atoms with Crippen LogP contribution in [0.5, 0.6) is 0 Å². The van der Waals surface area contributed by atoms with E-state index in [-0.39, 0.29) is 11.8 Å². The summed E-state index contributed by atoms with van der Waals surface area (Å²) in [5.41, 5.74) is 3.61. The van der Waals surface area contributed by atoms with Gasteiger partial charge in [-0.25, -0.2) is 0 Å². The largest absolute Gasteiger partial charge is 0.352 e. The quantitative estimate of drug-likeness (QED) is 0.640. The molecule has 0 unspecified atom stereocenters. The molecule has 0 spiro atoms. The van der Waals surface area contributed by atoms with Crippen LogP contribution in [0.3, 0.4) is 0 Å². The van der Waals surface area contributed by atoms with Crippen LogP contribution in [0.25, 0.3) is 11.1 Å². The minimum Gasteiger partial charge on any atom is -0.352 e. The van der Waals surface area contributed by atoms with Crippen molar-refractivity contribution in [1.82, 2.24) is 5.32 Å². The zero-order valence-corrected chi connectivity index (χ0v) is 16.1. The topological polar surface area (TPSA) is 58.2 Å². The van der Waals surface area contributed by atoms with Gasteiger partial charge >= 0.3 is 0 Å². The Labute approximate surface area is 165 Å². The van der Waals surface area contributed by atoms with Gasteiger partial charge in [0.1, 0.15) is 0 Å². The number of hydrogen-bond acceptors (Lipinski definition) is 2. The lowest BCUT2D eigenvalue weighted by Crippen LogP contribution is -2.29. The molecule has 3 aromatic rings. The highest BCUT2D eigenvalue weighted by Crippen LogP contribution is 2.21.